The van der Waals surface area contributed by atoms with E-state index in [1.165, 1.54) is 24.5 Å². The van der Waals surface area contributed by atoms with Gasteiger partial charge in [-0.25, -0.2) is 9.97 Å². The van der Waals surface area contributed by atoms with Crippen LogP contribution in [0.5, 0.6) is 0 Å². The highest BCUT2D eigenvalue weighted by molar-refractivity contribution is 5.93. The van der Waals surface area contributed by atoms with Crippen molar-refractivity contribution in [1.29, 1.82) is 0 Å². The largest absolute Gasteiger partial charge is 0.416 e. The number of aromatic nitrogens is 2. The van der Waals surface area contributed by atoms with Crippen LogP contribution >= 0.6 is 0 Å². The van der Waals surface area contributed by atoms with Crippen LogP contribution in [0.2, 0.25) is 0 Å². The van der Waals surface area contributed by atoms with E-state index in [0.29, 0.717) is 11.3 Å². The Morgan fingerprint density at radius 1 is 1.17 bits per heavy atom. The molecule has 2 N–H and O–H groups in total. The Balaban J connectivity index is 2.02. The fourth-order valence-corrected chi connectivity index (χ4v) is 1.79. The number of carbonyl (C=O) groups is 1. The molecule has 2 rings (SSSR count). The highest BCUT2D eigenvalue weighted by atomic mass is 19.4. The molecule has 1 amide bonds. The van der Waals surface area contributed by atoms with Gasteiger partial charge in [0.25, 0.3) is 5.91 Å². The number of amides is 1. The fourth-order valence-electron chi connectivity index (χ4n) is 1.79. The van der Waals surface area contributed by atoms with E-state index in [0.717, 1.165) is 18.6 Å². The minimum Gasteiger partial charge on any atom is -0.350 e. The van der Waals surface area contributed by atoms with Gasteiger partial charge in [0.05, 0.1) is 11.1 Å². The SMILES string of the molecule is CCC(C)NC(=O)c1cnc(Nc2ccc(C(F)(F)F)cc2)nc1. The predicted molar refractivity (Wildman–Crippen MR) is 84.0 cm³/mol. The van der Waals surface area contributed by atoms with Crippen LogP contribution in [-0.2, 0) is 6.18 Å². The van der Waals surface area contributed by atoms with E-state index >= 15 is 0 Å². The van der Waals surface area contributed by atoms with E-state index in [1.54, 1.807) is 0 Å². The van der Waals surface area contributed by atoms with Gasteiger partial charge in [0.2, 0.25) is 5.95 Å². The summed E-state index contributed by atoms with van der Waals surface area (Å²) in [5, 5.41) is 5.57. The first-order valence-electron chi connectivity index (χ1n) is 7.36. The molecule has 0 aliphatic carbocycles. The maximum Gasteiger partial charge on any atom is 0.416 e. The predicted octanol–water partition coefficient (Wildman–Crippen LogP) is 3.77. The lowest BCUT2D eigenvalue weighted by atomic mass is 10.2. The van der Waals surface area contributed by atoms with Gasteiger partial charge in [0, 0.05) is 24.1 Å². The summed E-state index contributed by atoms with van der Waals surface area (Å²) in [5.74, 6) is -0.0831. The summed E-state index contributed by atoms with van der Waals surface area (Å²) in [5.41, 5.74) is -0.000826. The van der Waals surface area contributed by atoms with Gasteiger partial charge >= 0.3 is 6.18 Å². The zero-order valence-corrected chi connectivity index (χ0v) is 13.2. The summed E-state index contributed by atoms with van der Waals surface area (Å²) in [7, 11) is 0. The lowest BCUT2D eigenvalue weighted by Gasteiger charge is -2.11. The Bertz CT molecular complexity index is 684. The molecule has 1 atom stereocenters. The Kier molecular flexibility index (Phi) is 5.38. The molecule has 0 bridgehead atoms. The summed E-state index contributed by atoms with van der Waals surface area (Å²) < 4.78 is 37.5. The third-order valence-corrected chi connectivity index (χ3v) is 3.37. The first-order valence-corrected chi connectivity index (χ1v) is 7.36. The molecule has 0 spiro atoms. The maximum absolute atomic E-state index is 12.5. The van der Waals surface area contributed by atoms with Crippen LogP contribution in [0.25, 0.3) is 0 Å². The molecular formula is C16H17F3N4O. The van der Waals surface area contributed by atoms with Crippen molar-refractivity contribution in [2.75, 3.05) is 5.32 Å². The van der Waals surface area contributed by atoms with Crippen LogP contribution in [0.15, 0.2) is 36.7 Å². The Morgan fingerprint density at radius 2 is 1.75 bits per heavy atom. The van der Waals surface area contributed by atoms with Gasteiger partial charge in [-0.3, -0.25) is 4.79 Å². The molecule has 128 valence electrons. The van der Waals surface area contributed by atoms with Gasteiger partial charge in [0.1, 0.15) is 0 Å². The number of halogens is 3. The van der Waals surface area contributed by atoms with Gasteiger partial charge in [-0.2, -0.15) is 13.2 Å². The van der Waals surface area contributed by atoms with Crippen LogP contribution < -0.4 is 10.6 Å². The number of rotatable bonds is 5. The molecular weight excluding hydrogens is 321 g/mol. The van der Waals surface area contributed by atoms with Gasteiger partial charge < -0.3 is 10.6 Å². The number of hydrogen-bond donors (Lipinski definition) is 2. The van der Waals surface area contributed by atoms with Crippen LogP contribution in [-0.4, -0.2) is 21.9 Å². The Hall–Kier alpha value is -2.64. The normalized spacial score (nSPS) is 12.5. The number of carbonyl (C=O) groups excluding carboxylic acids is 1. The van der Waals surface area contributed by atoms with Crippen LogP contribution in [0.1, 0.15) is 36.2 Å². The number of nitrogens with one attached hydrogen (secondary N) is 2. The third-order valence-electron chi connectivity index (χ3n) is 3.37. The second-order valence-corrected chi connectivity index (χ2v) is 5.28. The molecule has 1 unspecified atom stereocenters. The highest BCUT2D eigenvalue weighted by Crippen LogP contribution is 2.30. The van der Waals surface area contributed by atoms with Crippen molar-refractivity contribution in [1.82, 2.24) is 15.3 Å². The molecule has 1 aromatic heterocycles. The number of alkyl halides is 3. The Morgan fingerprint density at radius 3 is 2.25 bits per heavy atom. The first kappa shape index (κ1) is 17.7. The van der Waals surface area contributed by atoms with Gasteiger partial charge in [0.15, 0.2) is 0 Å². The number of nitrogens with zero attached hydrogens (tertiary/aromatic N) is 2. The molecule has 0 saturated heterocycles. The molecule has 2 aromatic rings. The van der Waals surface area contributed by atoms with E-state index in [1.807, 2.05) is 13.8 Å². The quantitative estimate of drug-likeness (QED) is 0.871. The van der Waals surface area contributed by atoms with Crippen molar-refractivity contribution in [2.45, 2.75) is 32.5 Å². The molecule has 0 aliphatic rings. The zero-order chi connectivity index (χ0) is 17.7. The van der Waals surface area contributed by atoms with Crippen LogP contribution in [0.3, 0.4) is 0 Å². The average Bonchev–Trinajstić information content (AvgIpc) is 2.55. The highest BCUT2D eigenvalue weighted by Gasteiger charge is 2.29. The van der Waals surface area contributed by atoms with Crippen molar-refractivity contribution >= 4 is 17.5 Å². The van der Waals surface area contributed by atoms with Crippen LogP contribution in [0, 0.1) is 0 Å². The second-order valence-electron chi connectivity index (χ2n) is 5.28. The zero-order valence-electron chi connectivity index (χ0n) is 13.2. The summed E-state index contributed by atoms with van der Waals surface area (Å²) in [4.78, 5) is 19.9. The molecule has 0 saturated carbocycles. The molecule has 24 heavy (non-hydrogen) atoms. The van der Waals surface area contributed by atoms with E-state index in [9.17, 15) is 18.0 Å². The van der Waals surface area contributed by atoms with Crippen molar-refractivity contribution in [3.8, 4) is 0 Å². The second kappa shape index (κ2) is 7.29. The van der Waals surface area contributed by atoms with Crippen LogP contribution in [0.4, 0.5) is 24.8 Å². The minimum atomic E-state index is -4.38. The molecule has 1 aromatic carbocycles. The van der Waals surface area contributed by atoms with E-state index < -0.39 is 11.7 Å². The lowest BCUT2D eigenvalue weighted by Crippen LogP contribution is -2.32. The topological polar surface area (TPSA) is 66.9 Å². The van der Waals surface area contributed by atoms with Gasteiger partial charge in [-0.15, -0.1) is 0 Å². The average molecular weight is 338 g/mol. The molecule has 0 fully saturated rings. The minimum absolute atomic E-state index is 0.0439. The molecule has 8 heteroatoms. The van der Waals surface area contributed by atoms with E-state index in [-0.39, 0.29) is 17.9 Å². The van der Waals surface area contributed by atoms with Crippen molar-refractivity contribution in [3.63, 3.8) is 0 Å². The molecule has 0 radical (unpaired) electrons. The summed E-state index contributed by atoms with van der Waals surface area (Å²) in [6, 6.07) is 4.56. The van der Waals surface area contributed by atoms with E-state index in [2.05, 4.69) is 20.6 Å². The maximum atomic E-state index is 12.5. The van der Waals surface area contributed by atoms with Crippen molar-refractivity contribution in [2.24, 2.45) is 0 Å². The smallest absolute Gasteiger partial charge is 0.350 e. The third kappa shape index (κ3) is 4.68. The fraction of sp³-hybridized carbons (Fsp3) is 0.312. The summed E-state index contributed by atoms with van der Waals surface area (Å²) in [6.45, 7) is 3.85. The summed E-state index contributed by atoms with van der Waals surface area (Å²) in [6.07, 6.45) is -0.853. The van der Waals surface area contributed by atoms with Crippen molar-refractivity contribution in [3.05, 3.63) is 47.8 Å². The number of anilines is 2. The van der Waals surface area contributed by atoms with Gasteiger partial charge in [-0.05, 0) is 37.6 Å². The summed E-state index contributed by atoms with van der Waals surface area (Å²) >= 11 is 0. The standard InChI is InChI=1S/C16H17F3N4O/c1-3-10(2)22-14(24)11-8-20-15(21-9-11)23-13-6-4-12(5-7-13)16(17,18)19/h4-10H,3H2,1-2H3,(H,22,24)(H,20,21,23). The van der Waals surface area contributed by atoms with Gasteiger partial charge in [-0.1, -0.05) is 6.92 Å². The number of hydrogen-bond acceptors (Lipinski definition) is 4. The lowest BCUT2D eigenvalue weighted by molar-refractivity contribution is -0.137. The molecule has 1 heterocycles. The monoisotopic (exact) mass is 338 g/mol. The molecule has 5 nitrogen and oxygen atoms in total. The first-order chi connectivity index (χ1) is 11.3. The number of benzene rings is 1. The molecule has 0 aliphatic heterocycles. The van der Waals surface area contributed by atoms with Crippen molar-refractivity contribution < 1.29 is 18.0 Å². The Labute approximate surface area is 137 Å². The van der Waals surface area contributed by atoms with E-state index in [4.69, 9.17) is 0 Å².